The lowest BCUT2D eigenvalue weighted by Crippen LogP contribution is -2.34. The SMILES string of the molecule is CCc1ccc(C(=O)OCC(=O)N(CC)c2cccc3ccccc23)cc1. The van der Waals surface area contributed by atoms with E-state index in [1.165, 1.54) is 0 Å². The van der Waals surface area contributed by atoms with Crippen molar-refractivity contribution in [2.45, 2.75) is 20.3 Å². The fourth-order valence-electron chi connectivity index (χ4n) is 3.09. The molecule has 0 saturated heterocycles. The number of anilines is 1. The maximum absolute atomic E-state index is 12.7. The third kappa shape index (κ3) is 4.17. The predicted octanol–water partition coefficient (Wildman–Crippen LogP) is 4.61. The Morgan fingerprint density at radius 2 is 1.59 bits per heavy atom. The summed E-state index contributed by atoms with van der Waals surface area (Å²) in [7, 11) is 0. The average Bonchev–Trinajstić information content (AvgIpc) is 2.72. The van der Waals surface area contributed by atoms with Crippen molar-refractivity contribution in [3.63, 3.8) is 0 Å². The van der Waals surface area contributed by atoms with Crippen molar-refractivity contribution in [1.82, 2.24) is 0 Å². The molecule has 0 aromatic heterocycles. The van der Waals surface area contributed by atoms with Gasteiger partial charge < -0.3 is 9.64 Å². The summed E-state index contributed by atoms with van der Waals surface area (Å²) in [5.41, 5.74) is 2.42. The Hall–Kier alpha value is -3.14. The van der Waals surface area contributed by atoms with Gasteiger partial charge in [-0.2, -0.15) is 0 Å². The molecule has 4 heteroatoms. The summed E-state index contributed by atoms with van der Waals surface area (Å²) < 4.78 is 5.25. The number of fused-ring (bicyclic) bond motifs is 1. The zero-order valence-electron chi connectivity index (χ0n) is 15.6. The molecule has 0 saturated carbocycles. The van der Waals surface area contributed by atoms with E-state index in [0.29, 0.717) is 12.1 Å². The van der Waals surface area contributed by atoms with Gasteiger partial charge in [-0.1, -0.05) is 55.5 Å². The van der Waals surface area contributed by atoms with Crippen molar-refractivity contribution in [3.8, 4) is 0 Å². The highest BCUT2D eigenvalue weighted by atomic mass is 16.5. The van der Waals surface area contributed by atoms with E-state index in [9.17, 15) is 9.59 Å². The number of aryl methyl sites for hydroxylation is 1. The second-order valence-electron chi connectivity index (χ2n) is 6.26. The molecular weight excluding hydrogens is 338 g/mol. The van der Waals surface area contributed by atoms with Gasteiger partial charge >= 0.3 is 5.97 Å². The van der Waals surface area contributed by atoms with Gasteiger partial charge in [0.05, 0.1) is 11.3 Å². The van der Waals surface area contributed by atoms with Gasteiger partial charge in [-0.25, -0.2) is 4.79 Å². The molecule has 0 radical (unpaired) electrons. The first-order valence-electron chi connectivity index (χ1n) is 9.18. The number of hydrogen-bond acceptors (Lipinski definition) is 3. The highest BCUT2D eigenvalue weighted by Crippen LogP contribution is 2.26. The monoisotopic (exact) mass is 361 g/mol. The Labute approximate surface area is 159 Å². The van der Waals surface area contributed by atoms with Gasteiger partial charge in [-0.15, -0.1) is 0 Å². The number of hydrogen-bond donors (Lipinski definition) is 0. The first-order chi connectivity index (χ1) is 13.1. The summed E-state index contributed by atoms with van der Waals surface area (Å²) in [5.74, 6) is -0.729. The zero-order valence-corrected chi connectivity index (χ0v) is 15.6. The smallest absolute Gasteiger partial charge is 0.338 e. The molecule has 0 atom stereocenters. The summed E-state index contributed by atoms with van der Waals surface area (Å²) >= 11 is 0. The van der Waals surface area contributed by atoms with E-state index in [0.717, 1.165) is 28.4 Å². The Morgan fingerprint density at radius 3 is 2.30 bits per heavy atom. The van der Waals surface area contributed by atoms with Crippen LogP contribution in [0, 0.1) is 0 Å². The van der Waals surface area contributed by atoms with E-state index < -0.39 is 5.97 Å². The summed E-state index contributed by atoms with van der Waals surface area (Å²) in [6, 6.07) is 21.0. The molecule has 0 bridgehead atoms. The molecule has 138 valence electrons. The Morgan fingerprint density at radius 1 is 0.889 bits per heavy atom. The van der Waals surface area contributed by atoms with E-state index in [4.69, 9.17) is 4.74 Å². The third-order valence-electron chi connectivity index (χ3n) is 4.60. The van der Waals surface area contributed by atoms with Gasteiger partial charge in [0.1, 0.15) is 0 Å². The molecule has 0 spiro atoms. The maximum atomic E-state index is 12.7. The molecule has 0 heterocycles. The van der Waals surface area contributed by atoms with Crippen molar-refractivity contribution in [2.75, 3.05) is 18.1 Å². The fraction of sp³-hybridized carbons (Fsp3) is 0.217. The number of benzene rings is 3. The van der Waals surface area contributed by atoms with Crippen LogP contribution in [0.5, 0.6) is 0 Å². The van der Waals surface area contributed by atoms with E-state index in [2.05, 4.69) is 6.92 Å². The van der Waals surface area contributed by atoms with Crippen molar-refractivity contribution < 1.29 is 14.3 Å². The topological polar surface area (TPSA) is 46.6 Å². The first kappa shape index (κ1) is 18.6. The molecule has 27 heavy (non-hydrogen) atoms. The zero-order chi connectivity index (χ0) is 19.2. The van der Waals surface area contributed by atoms with Crippen LogP contribution in [0.4, 0.5) is 5.69 Å². The molecule has 0 unspecified atom stereocenters. The normalized spacial score (nSPS) is 10.6. The van der Waals surface area contributed by atoms with Crippen LogP contribution in [0.3, 0.4) is 0 Å². The highest BCUT2D eigenvalue weighted by Gasteiger charge is 2.18. The van der Waals surface area contributed by atoms with Crippen LogP contribution in [-0.2, 0) is 16.0 Å². The Kier molecular flexibility index (Phi) is 5.87. The molecule has 0 fully saturated rings. The van der Waals surface area contributed by atoms with E-state index in [-0.39, 0.29) is 12.5 Å². The number of carbonyl (C=O) groups excluding carboxylic acids is 2. The summed E-state index contributed by atoms with van der Waals surface area (Å²) in [6.45, 7) is 4.17. The lowest BCUT2D eigenvalue weighted by atomic mass is 10.1. The van der Waals surface area contributed by atoms with Crippen LogP contribution in [0.15, 0.2) is 66.7 Å². The number of ether oxygens (including phenoxy) is 1. The summed E-state index contributed by atoms with van der Waals surface area (Å²) in [6.07, 6.45) is 0.907. The minimum atomic E-state index is -0.486. The average molecular weight is 361 g/mol. The molecule has 4 nitrogen and oxygen atoms in total. The second-order valence-corrected chi connectivity index (χ2v) is 6.26. The van der Waals surface area contributed by atoms with Crippen LogP contribution < -0.4 is 4.90 Å². The van der Waals surface area contributed by atoms with E-state index in [1.54, 1.807) is 17.0 Å². The molecule has 0 aliphatic rings. The van der Waals surface area contributed by atoms with E-state index >= 15 is 0 Å². The first-order valence-corrected chi connectivity index (χ1v) is 9.18. The lowest BCUT2D eigenvalue weighted by Gasteiger charge is -2.22. The molecule has 0 N–H and O–H groups in total. The highest BCUT2D eigenvalue weighted by molar-refractivity contribution is 6.04. The number of amides is 1. The van der Waals surface area contributed by atoms with Crippen molar-refractivity contribution in [2.24, 2.45) is 0 Å². The van der Waals surface area contributed by atoms with E-state index in [1.807, 2.05) is 61.5 Å². The van der Waals surface area contributed by atoms with Crippen LogP contribution in [0.2, 0.25) is 0 Å². The molecule has 0 aliphatic carbocycles. The lowest BCUT2D eigenvalue weighted by molar-refractivity contribution is -0.121. The molecule has 1 amide bonds. The molecular formula is C23H23NO3. The summed E-state index contributed by atoms with van der Waals surface area (Å²) in [5, 5.41) is 2.06. The second kappa shape index (κ2) is 8.49. The predicted molar refractivity (Wildman–Crippen MR) is 108 cm³/mol. The summed E-state index contributed by atoms with van der Waals surface area (Å²) in [4.78, 5) is 26.6. The standard InChI is InChI=1S/C23H23NO3/c1-3-17-12-14-19(15-13-17)23(26)27-16-22(25)24(4-2)21-11-7-9-18-8-5-6-10-20(18)21/h5-15H,3-4,16H2,1-2H3. The number of esters is 1. The quantitative estimate of drug-likeness (QED) is 0.602. The van der Waals surface area contributed by atoms with Crippen molar-refractivity contribution >= 4 is 28.3 Å². The number of carbonyl (C=O) groups is 2. The molecule has 3 aromatic rings. The third-order valence-corrected chi connectivity index (χ3v) is 4.60. The van der Waals surface area contributed by atoms with Gasteiger partial charge in [0.15, 0.2) is 6.61 Å². The van der Waals surface area contributed by atoms with Crippen LogP contribution >= 0.6 is 0 Å². The van der Waals surface area contributed by atoms with Crippen LogP contribution in [-0.4, -0.2) is 25.0 Å². The fourth-order valence-corrected chi connectivity index (χ4v) is 3.09. The Balaban J connectivity index is 1.72. The minimum absolute atomic E-state index is 0.243. The largest absolute Gasteiger partial charge is 0.452 e. The maximum Gasteiger partial charge on any atom is 0.338 e. The van der Waals surface area contributed by atoms with Gasteiger partial charge in [0.25, 0.3) is 5.91 Å². The molecule has 3 aromatic carbocycles. The molecule has 3 rings (SSSR count). The van der Waals surface area contributed by atoms with Crippen LogP contribution in [0.25, 0.3) is 10.8 Å². The van der Waals surface area contributed by atoms with Crippen LogP contribution in [0.1, 0.15) is 29.8 Å². The van der Waals surface area contributed by atoms with Crippen molar-refractivity contribution in [3.05, 3.63) is 77.9 Å². The Bertz CT molecular complexity index is 942. The molecule has 0 aliphatic heterocycles. The van der Waals surface area contributed by atoms with Gasteiger partial charge in [0.2, 0.25) is 0 Å². The minimum Gasteiger partial charge on any atom is -0.452 e. The number of rotatable bonds is 6. The van der Waals surface area contributed by atoms with Crippen molar-refractivity contribution in [1.29, 1.82) is 0 Å². The van der Waals surface area contributed by atoms with Gasteiger partial charge in [0, 0.05) is 11.9 Å². The van der Waals surface area contributed by atoms with Gasteiger partial charge in [-0.05, 0) is 42.5 Å². The number of nitrogens with zero attached hydrogens (tertiary/aromatic N) is 1. The van der Waals surface area contributed by atoms with Gasteiger partial charge in [-0.3, -0.25) is 4.79 Å². The number of likely N-dealkylation sites (N-methyl/N-ethyl adjacent to an activating group) is 1.